The van der Waals surface area contributed by atoms with E-state index >= 15 is 0 Å². The Morgan fingerprint density at radius 1 is 1.35 bits per heavy atom. The van der Waals surface area contributed by atoms with Crippen molar-refractivity contribution in [1.29, 1.82) is 0 Å². The Morgan fingerprint density at radius 2 is 2.06 bits per heavy atom. The zero-order chi connectivity index (χ0) is 12.3. The second-order valence-corrected chi connectivity index (χ2v) is 3.33. The molecule has 0 atom stereocenters. The fourth-order valence-electron chi connectivity index (χ4n) is 1.50. The molecular weight excluding hydrogens is 222 g/mol. The molecule has 0 saturated heterocycles. The molecule has 0 fully saturated rings. The highest BCUT2D eigenvalue weighted by atomic mass is 16.5. The van der Waals surface area contributed by atoms with Gasteiger partial charge in [-0.2, -0.15) is 0 Å². The third kappa shape index (κ3) is 2.13. The quantitative estimate of drug-likeness (QED) is 0.820. The fraction of sp³-hybridized carbons (Fsp3) is 0.167. The maximum Gasteiger partial charge on any atom is 0.372 e. The van der Waals surface area contributed by atoms with Gasteiger partial charge >= 0.3 is 11.6 Å². The summed E-state index contributed by atoms with van der Waals surface area (Å²) in [5.74, 6) is -0.679. The highest BCUT2D eigenvalue weighted by Gasteiger charge is 2.22. The summed E-state index contributed by atoms with van der Waals surface area (Å²) in [5, 5.41) is 2.44. The van der Waals surface area contributed by atoms with Crippen LogP contribution in [0.1, 0.15) is 17.3 Å². The van der Waals surface area contributed by atoms with Crippen LogP contribution in [0.4, 0.5) is 0 Å². The second-order valence-electron chi connectivity index (χ2n) is 3.33. The van der Waals surface area contributed by atoms with Crippen LogP contribution in [0.5, 0.6) is 0 Å². The maximum absolute atomic E-state index is 11.6. The van der Waals surface area contributed by atoms with Gasteiger partial charge in [-0.05, 0) is 6.92 Å². The summed E-state index contributed by atoms with van der Waals surface area (Å²) in [6.07, 6.45) is 0. The Bertz CT molecular complexity index is 568. The van der Waals surface area contributed by atoms with Crippen LogP contribution in [0.15, 0.2) is 39.6 Å². The van der Waals surface area contributed by atoms with Crippen molar-refractivity contribution in [2.24, 2.45) is 0 Å². The highest BCUT2D eigenvalue weighted by molar-refractivity contribution is 5.95. The summed E-state index contributed by atoms with van der Waals surface area (Å²) >= 11 is 0. The number of benzene rings is 1. The van der Waals surface area contributed by atoms with Crippen molar-refractivity contribution in [1.82, 2.24) is 5.16 Å². The van der Waals surface area contributed by atoms with Crippen molar-refractivity contribution in [2.75, 3.05) is 6.61 Å². The normalized spacial score (nSPS) is 10.2. The lowest BCUT2D eigenvalue weighted by atomic mass is 10.1. The Kier molecular flexibility index (Phi) is 3.09. The molecule has 0 spiro atoms. The third-order valence-corrected chi connectivity index (χ3v) is 2.24. The molecule has 1 heterocycles. The molecule has 1 N–H and O–H groups in total. The summed E-state index contributed by atoms with van der Waals surface area (Å²) in [4.78, 5) is 23.0. The molecule has 17 heavy (non-hydrogen) atoms. The van der Waals surface area contributed by atoms with E-state index in [-0.39, 0.29) is 12.2 Å². The molecule has 0 aliphatic heterocycles. The topological polar surface area (TPSA) is 72.3 Å². The molecule has 2 rings (SSSR count). The molecule has 0 saturated carbocycles. The van der Waals surface area contributed by atoms with Gasteiger partial charge in [-0.25, -0.2) is 14.7 Å². The summed E-state index contributed by atoms with van der Waals surface area (Å²) < 4.78 is 9.45. The van der Waals surface area contributed by atoms with Gasteiger partial charge in [-0.15, -0.1) is 0 Å². The molecule has 5 heteroatoms. The standard InChI is InChI=1S/C12H11NO4/c1-2-16-11(14)9-10(13-17-12(9)15)8-6-4-3-5-7-8/h3-7,13H,2H2,1H3. The summed E-state index contributed by atoms with van der Waals surface area (Å²) in [5.41, 5.74) is 0.218. The smallest absolute Gasteiger partial charge is 0.372 e. The second kappa shape index (κ2) is 4.69. The van der Waals surface area contributed by atoms with Crippen LogP contribution in [0.25, 0.3) is 11.3 Å². The summed E-state index contributed by atoms with van der Waals surface area (Å²) in [7, 11) is 0. The molecule has 0 aliphatic rings. The van der Waals surface area contributed by atoms with Crippen LogP contribution < -0.4 is 5.63 Å². The van der Waals surface area contributed by atoms with E-state index in [4.69, 9.17) is 4.74 Å². The number of aromatic nitrogens is 1. The zero-order valence-electron chi connectivity index (χ0n) is 9.23. The predicted octanol–water partition coefficient (Wildman–Crippen LogP) is 1.81. The Balaban J connectivity index is 2.50. The SMILES string of the molecule is CCOC(=O)c1c(-c2ccccc2)[nH]oc1=O. The number of carbonyl (C=O) groups excluding carboxylic acids is 1. The van der Waals surface area contributed by atoms with Gasteiger partial charge in [-0.1, -0.05) is 30.3 Å². The lowest BCUT2D eigenvalue weighted by Crippen LogP contribution is -2.14. The average molecular weight is 233 g/mol. The minimum Gasteiger partial charge on any atom is -0.462 e. The van der Waals surface area contributed by atoms with Crippen LogP contribution in [0, 0.1) is 0 Å². The van der Waals surface area contributed by atoms with Gasteiger partial charge < -0.3 is 9.26 Å². The highest BCUT2D eigenvalue weighted by Crippen LogP contribution is 2.19. The molecule has 0 aliphatic carbocycles. The van der Waals surface area contributed by atoms with Crippen molar-refractivity contribution in [3.8, 4) is 11.3 Å². The van der Waals surface area contributed by atoms with E-state index in [1.54, 1.807) is 31.2 Å². The largest absolute Gasteiger partial charge is 0.462 e. The molecular formula is C12H11NO4. The van der Waals surface area contributed by atoms with Gasteiger partial charge in [0.1, 0.15) is 5.69 Å². The number of ether oxygens (including phenoxy) is 1. The van der Waals surface area contributed by atoms with E-state index in [0.29, 0.717) is 11.3 Å². The van der Waals surface area contributed by atoms with Gasteiger partial charge in [0.15, 0.2) is 5.56 Å². The number of rotatable bonds is 3. The first-order valence-corrected chi connectivity index (χ1v) is 5.18. The first kappa shape index (κ1) is 11.2. The number of carbonyl (C=O) groups is 1. The Hall–Kier alpha value is -2.30. The minimum atomic E-state index is -0.720. The molecule has 0 unspecified atom stereocenters. The number of hydrogen-bond donors (Lipinski definition) is 1. The van der Waals surface area contributed by atoms with E-state index < -0.39 is 11.6 Å². The first-order valence-electron chi connectivity index (χ1n) is 5.18. The molecule has 88 valence electrons. The number of hydrogen-bond acceptors (Lipinski definition) is 4. The fourth-order valence-corrected chi connectivity index (χ4v) is 1.50. The summed E-state index contributed by atoms with van der Waals surface area (Å²) in [6.45, 7) is 1.88. The lowest BCUT2D eigenvalue weighted by Gasteiger charge is -2.00. The van der Waals surface area contributed by atoms with Crippen LogP contribution in [-0.2, 0) is 4.74 Å². The molecule has 0 radical (unpaired) electrons. The van der Waals surface area contributed by atoms with E-state index in [1.807, 2.05) is 6.07 Å². The molecule has 1 aromatic heterocycles. The van der Waals surface area contributed by atoms with Crippen molar-refractivity contribution in [3.63, 3.8) is 0 Å². The number of nitrogens with one attached hydrogen (secondary N) is 1. The van der Waals surface area contributed by atoms with Crippen molar-refractivity contribution >= 4 is 5.97 Å². The Morgan fingerprint density at radius 3 is 2.71 bits per heavy atom. The molecule has 1 aromatic carbocycles. The molecule has 0 bridgehead atoms. The van der Waals surface area contributed by atoms with Gasteiger partial charge in [0.05, 0.1) is 6.61 Å². The maximum atomic E-state index is 11.6. The van der Waals surface area contributed by atoms with E-state index in [9.17, 15) is 9.59 Å². The van der Waals surface area contributed by atoms with Crippen LogP contribution in [0.2, 0.25) is 0 Å². The van der Waals surface area contributed by atoms with Crippen LogP contribution in [0.3, 0.4) is 0 Å². The number of esters is 1. The van der Waals surface area contributed by atoms with Gasteiger partial charge in [0.25, 0.3) is 0 Å². The number of aromatic amines is 1. The monoisotopic (exact) mass is 233 g/mol. The van der Waals surface area contributed by atoms with Gasteiger partial charge in [-0.3, -0.25) is 0 Å². The summed E-state index contributed by atoms with van der Waals surface area (Å²) in [6, 6.07) is 8.98. The number of H-pyrrole nitrogens is 1. The van der Waals surface area contributed by atoms with Crippen molar-refractivity contribution in [3.05, 3.63) is 46.3 Å². The molecule has 0 amide bonds. The third-order valence-electron chi connectivity index (χ3n) is 2.24. The van der Waals surface area contributed by atoms with Gasteiger partial charge in [0, 0.05) is 5.56 Å². The first-order chi connectivity index (χ1) is 8.24. The van der Waals surface area contributed by atoms with Crippen LogP contribution >= 0.6 is 0 Å². The molecule has 2 aromatic rings. The van der Waals surface area contributed by atoms with E-state index in [0.717, 1.165) is 0 Å². The van der Waals surface area contributed by atoms with Crippen molar-refractivity contribution < 1.29 is 14.1 Å². The average Bonchev–Trinajstić information content (AvgIpc) is 2.73. The van der Waals surface area contributed by atoms with Crippen molar-refractivity contribution in [2.45, 2.75) is 6.92 Å². The predicted molar refractivity (Wildman–Crippen MR) is 60.7 cm³/mol. The lowest BCUT2D eigenvalue weighted by molar-refractivity contribution is 0.0524. The Labute approximate surface area is 97.0 Å². The van der Waals surface area contributed by atoms with Gasteiger partial charge in [0.2, 0.25) is 0 Å². The zero-order valence-corrected chi connectivity index (χ0v) is 9.23. The minimum absolute atomic E-state index is 0.0990. The van der Waals surface area contributed by atoms with Crippen LogP contribution in [-0.4, -0.2) is 17.7 Å². The van der Waals surface area contributed by atoms with E-state index in [2.05, 4.69) is 9.68 Å². The molecule has 5 nitrogen and oxygen atoms in total. The van der Waals surface area contributed by atoms with E-state index in [1.165, 1.54) is 0 Å².